The van der Waals surface area contributed by atoms with Gasteiger partial charge in [0.25, 0.3) is 0 Å². The summed E-state index contributed by atoms with van der Waals surface area (Å²) >= 11 is 1.84. The lowest BCUT2D eigenvalue weighted by molar-refractivity contribution is 0.580. The highest BCUT2D eigenvalue weighted by molar-refractivity contribution is 7.09. The minimum atomic E-state index is 0.582. The van der Waals surface area contributed by atoms with E-state index in [1.54, 1.807) is 0 Å². The molecule has 1 aliphatic rings. The highest BCUT2D eigenvalue weighted by Crippen LogP contribution is 2.34. The predicted molar refractivity (Wildman–Crippen MR) is 112 cm³/mol. The maximum Gasteiger partial charge on any atom is 0.0962 e. The van der Waals surface area contributed by atoms with Crippen LogP contribution in [0.1, 0.15) is 50.9 Å². The fourth-order valence-electron chi connectivity index (χ4n) is 4.03. The molecule has 1 heterocycles. The van der Waals surface area contributed by atoms with Crippen molar-refractivity contribution in [2.45, 2.75) is 45.4 Å². The van der Waals surface area contributed by atoms with E-state index in [0.717, 1.165) is 12.8 Å². The number of nitrogens with zero attached hydrogens (tertiary/aromatic N) is 1. The molecule has 1 N–H and O–H groups in total. The molecule has 0 fully saturated rings. The number of thiazole rings is 1. The van der Waals surface area contributed by atoms with Gasteiger partial charge in [-0.3, -0.25) is 0 Å². The van der Waals surface area contributed by atoms with E-state index in [-0.39, 0.29) is 0 Å². The van der Waals surface area contributed by atoms with Crippen LogP contribution in [-0.2, 0) is 19.3 Å². The van der Waals surface area contributed by atoms with Gasteiger partial charge in [-0.2, -0.15) is 0 Å². The second kappa shape index (κ2) is 7.24. The first kappa shape index (κ1) is 17.3. The van der Waals surface area contributed by atoms with Crippen molar-refractivity contribution in [1.29, 1.82) is 0 Å². The average Bonchev–Trinajstić information content (AvgIpc) is 3.12. The van der Waals surface area contributed by atoms with Crippen LogP contribution in [0.25, 0.3) is 0 Å². The van der Waals surface area contributed by atoms with Gasteiger partial charge < -0.3 is 5.32 Å². The molecule has 1 aliphatic carbocycles. The van der Waals surface area contributed by atoms with E-state index in [9.17, 15) is 0 Å². The lowest BCUT2D eigenvalue weighted by Gasteiger charge is -2.22. The van der Waals surface area contributed by atoms with E-state index < -0.39 is 0 Å². The summed E-state index contributed by atoms with van der Waals surface area (Å²) in [6.07, 6.45) is 4.47. The number of fused-ring (bicyclic) bond motifs is 1. The molecule has 1 unspecified atom stereocenters. The van der Waals surface area contributed by atoms with E-state index in [1.165, 1.54) is 57.0 Å². The van der Waals surface area contributed by atoms with Crippen molar-refractivity contribution < 1.29 is 0 Å². The Morgan fingerprint density at radius 1 is 1.12 bits per heavy atom. The zero-order valence-corrected chi connectivity index (χ0v) is 16.6. The molecule has 0 spiro atoms. The standard InChI is InChI=1S/C23H26N2S/c1-15-11-22(24-3)16(2)10-20(15)13-21-14-26-23(25-21)19-9-8-17-6-4-5-7-18(17)12-19/h4-7,10-11,14,19,24H,8-9,12-13H2,1-3H3. The van der Waals surface area contributed by atoms with E-state index in [1.807, 2.05) is 18.4 Å². The monoisotopic (exact) mass is 362 g/mol. The number of anilines is 1. The largest absolute Gasteiger partial charge is 0.388 e. The summed E-state index contributed by atoms with van der Waals surface area (Å²) in [5.74, 6) is 0.582. The van der Waals surface area contributed by atoms with Crippen molar-refractivity contribution in [1.82, 2.24) is 4.98 Å². The highest BCUT2D eigenvalue weighted by Gasteiger charge is 2.22. The van der Waals surface area contributed by atoms with Gasteiger partial charge in [-0.05, 0) is 67.0 Å². The molecule has 0 bridgehead atoms. The van der Waals surface area contributed by atoms with E-state index >= 15 is 0 Å². The van der Waals surface area contributed by atoms with Crippen molar-refractivity contribution in [3.05, 3.63) is 80.3 Å². The second-order valence-electron chi connectivity index (χ2n) is 7.41. The predicted octanol–water partition coefficient (Wildman–Crippen LogP) is 5.66. The minimum absolute atomic E-state index is 0.582. The van der Waals surface area contributed by atoms with Gasteiger partial charge in [-0.1, -0.05) is 30.3 Å². The van der Waals surface area contributed by atoms with Gasteiger partial charge >= 0.3 is 0 Å². The van der Waals surface area contributed by atoms with Crippen molar-refractivity contribution >= 4 is 17.0 Å². The summed E-state index contributed by atoms with van der Waals surface area (Å²) in [6, 6.07) is 13.4. The first-order valence-electron chi connectivity index (χ1n) is 9.43. The van der Waals surface area contributed by atoms with Crippen molar-refractivity contribution in [3.8, 4) is 0 Å². The lowest BCUT2D eigenvalue weighted by atomic mass is 9.84. The summed E-state index contributed by atoms with van der Waals surface area (Å²) in [5.41, 5.74) is 9.47. The Kier molecular flexibility index (Phi) is 4.82. The number of benzene rings is 2. The molecule has 134 valence electrons. The topological polar surface area (TPSA) is 24.9 Å². The maximum absolute atomic E-state index is 5.02. The molecule has 0 saturated heterocycles. The molecule has 1 aromatic heterocycles. The SMILES string of the molecule is CNc1cc(C)c(Cc2csc(C3CCc4ccccc4C3)n2)cc1C. The molecule has 0 amide bonds. The van der Waals surface area contributed by atoms with Crippen LogP contribution in [0.5, 0.6) is 0 Å². The van der Waals surface area contributed by atoms with Crippen LogP contribution in [0.3, 0.4) is 0 Å². The first-order valence-corrected chi connectivity index (χ1v) is 10.3. The Hall–Kier alpha value is -2.13. The summed E-state index contributed by atoms with van der Waals surface area (Å²) in [7, 11) is 1.98. The van der Waals surface area contributed by atoms with Gasteiger partial charge in [-0.25, -0.2) is 4.98 Å². The zero-order chi connectivity index (χ0) is 18.1. The second-order valence-corrected chi connectivity index (χ2v) is 8.30. The van der Waals surface area contributed by atoms with Crippen LogP contribution >= 0.6 is 11.3 Å². The third kappa shape index (κ3) is 3.41. The molecule has 0 saturated carbocycles. The van der Waals surface area contributed by atoms with Gasteiger partial charge in [0.15, 0.2) is 0 Å². The van der Waals surface area contributed by atoms with Gasteiger partial charge in [0, 0.05) is 30.5 Å². The molecule has 3 heteroatoms. The van der Waals surface area contributed by atoms with Crippen LogP contribution in [0.2, 0.25) is 0 Å². The highest BCUT2D eigenvalue weighted by atomic mass is 32.1. The van der Waals surface area contributed by atoms with Gasteiger partial charge in [0.05, 0.1) is 10.7 Å². The quantitative estimate of drug-likeness (QED) is 0.647. The van der Waals surface area contributed by atoms with Gasteiger partial charge in [0.2, 0.25) is 0 Å². The normalized spacial score (nSPS) is 16.3. The smallest absolute Gasteiger partial charge is 0.0962 e. The van der Waals surface area contributed by atoms with Crippen molar-refractivity contribution in [2.75, 3.05) is 12.4 Å². The van der Waals surface area contributed by atoms with Crippen LogP contribution in [0, 0.1) is 13.8 Å². The molecule has 0 aliphatic heterocycles. The molecule has 4 rings (SSSR count). The summed E-state index contributed by atoms with van der Waals surface area (Å²) in [6.45, 7) is 4.36. The molecular weight excluding hydrogens is 336 g/mol. The van der Waals surface area contributed by atoms with Crippen LogP contribution in [0.15, 0.2) is 41.8 Å². The van der Waals surface area contributed by atoms with Crippen LogP contribution < -0.4 is 5.32 Å². The first-order chi connectivity index (χ1) is 12.6. The summed E-state index contributed by atoms with van der Waals surface area (Å²) in [5, 5.41) is 6.84. The molecule has 3 aromatic rings. The Morgan fingerprint density at radius 2 is 1.92 bits per heavy atom. The fourth-order valence-corrected chi connectivity index (χ4v) is 4.99. The number of aryl methyl sites for hydroxylation is 3. The number of hydrogen-bond donors (Lipinski definition) is 1. The van der Waals surface area contributed by atoms with Crippen LogP contribution in [0.4, 0.5) is 5.69 Å². The minimum Gasteiger partial charge on any atom is -0.388 e. The number of hydrogen-bond acceptors (Lipinski definition) is 3. The molecule has 26 heavy (non-hydrogen) atoms. The lowest BCUT2D eigenvalue weighted by Crippen LogP contribution is -2.12. The molecular formula is C23H26N2S. The van der Waals surface area contributed by atoms with Crippen molar-refractivity contribution in [3.63, 3.8) is 0 Å². The van der Waals surface area contributed by atoms with Crippen molar-refractivity contribution in [2.24, 2.45) is 0 Å². The fraction of sp³-hybridized carbons (Fsp3) is 0.348. The van der Waals surface area contributed by atoms with Gasteiger partial charge in [-0.15, -0.1) is 11.3 Å². The summed E-state index contributed by atoms with van der Waals surface area (Å²) in [4.78, 5) is 5.02. The zero-order valence-electron chi connectivity index (χ0n) is 15.8. The Labute approximate surface area is 160 Å². The molecule has 2 nitrogen and oxygen atoms in total. The van der Waals surface area contributed by atoms with E-state index in [0.29, 0.717) is 5.92 Å². The number of aromatic nitrogens is 1. The Morgan fingerprint density at radius 3 is 2.73 bits per heavy atom. The van der Waals surface area contributed by atoms with Crippen LogP contribution in [-0.4, -0.2) is 12.0 Å². The number of nitrogens with one attached hydrogen (secondary N) is 1. The average molecular weight is 363 g/mol. The van der Waals surface area contributed by atoms with Gasteiger partial charge in [0.1, 0.15) is 0 Å². The Bertz CT molecular complexity index is 926. The molecule has 0 radical (unpaired) electrons. The summed E-state index contributed by atoms with van der Waals surface area (Å²) < 4.78 is 0. The van der Waals surface area contributed by atoms with E-state index in [4.69, 9.17) is 4.98 Å². The maximum atomic E-state index is 5.02. The van der Waals surface area contributed by atoms with E-state index in [2.05, 4.69) is 60.9 Å². The molecule has 1 atom stereocenters. The molecule has 2 aromatic carbocycles. The Balaban J connectivity index is 1.52. The third-order valence-corrected chi connectivity index (χ3v) is 6.65. The third-order valence-electron chi connectivity index (χ3n) is 5.59. The number of rotatable bonds is 4.